The molecule has 0 aromatic rings. The fourth-order valence-electron chi connectivity index (χ4n) is 1.91. The summed E-state index contributed by atoms with van der Waals surface area (Å²) in [5.74, 6) is 0.272. The van der Waals surface area contributed by atoms with Crippen LogP contribution in [0, 0.1) is 5.92 Å². The molecule has 2 rings (SSSR count). The van der Waals surface area contributed by atoms with E-state index in [4.69, 9.17) is 0 Å². The van der Waals surface area contributed by atoms with Crippen molar-refractivity contribution in [1.82, 2.24) is 10.2 Å². The average Bonchev–Trinajstić information content (AvgIpc) is 1.93. The Morgan fingerprint density at radius 3 is 2.67 bits per heavy atom. The van der Waals surface area contributed by atoms with Crippen molar-refractivity contribution in [3.63, 3.8) is 0 Å². The zero-order valence-electron chi connectivity index (χ0n) is 7.59. The summed E-state index contributed by atoms with van der Waals surface area (Å²) >= 11 is 0. The van der Waals surface area contributed by atoms with Gasteiger partial charge in [0.1, 0.15) is 6.17 Å². The molecule has 2 aliphatic heterocycles. The van der Waals surface area contributed by atoms with E-state index in [-0.39, 0.29) is 5.92 Å². The summed E-state index contributed by atoms with van der Waals surface area (Å²) in [6.45, 7) is 5.88. The molecule has 70 valence electrons. The van der Waals surface area contributed by atoms with Gasteiger partial charge in [-0.25, -0.2) is 4.39 Å². The highest BCUT2D eigenvalue weighted by atomic mass is 19.1. The molecular weight excluding hydrogens is 155 g/mol. The summed E-state index contributed by atoms with van der Waals surface area (Å²) in [5.41, 5.74) is 0. The second-order valence-corrected chi connectivity index (χ2v) is 4.09. The Bertz CT molecular complexity index is 159. The van der Waals surface area contributed by atoms with Crippen molar-refractivity contribution < 1.29 is 4.39 Å². The standard InChI is InChI=1S/C9H17FN2/c1-7-2-3-12(6-9(7)10)8-4-11-5-8/h7-9,11H,2-6H2,1H3. The molecule has 2 fully saturated rings. The lowest BCUT2D eigenvalue weighted by molar-refractivity contribution is 0.0443. The molecular formula is C9H17FN2. The van der Waals surface area contributed by atoms with Crippen LogP contribution in [0.4, 0.5) is 4.39 Å². The van der Waals surface area contributed by atoms with Crippen LogP contribution in [0.2, 0.25) is 0 Å². The fourth-order valence-corrected chi connectivity index (χ4v) is 1.91. The Morgan fingerprint density at radius 2 is 2.17 bits per heavy atom. The second-order valence-electron chi connectivity index (χ2n) is 4.09. The Labute approximate surface area is 73.1 Å². The summed E-state index contributed by atoms with van der Waals surface area (Å²) in [5, 5.41) is 3.22. The van der Waals surface area contributed by atoms with Crippen LogP contribution in [0.5, 0.6) is 0 Å². The Hall–Kier alpha value is -0.150. The van der Waals surface area contributed by atoms with E-state index in [1.807, 2.05) is 6.92 Å². The third kappa shape index (κ3) is 1.48. The number of likely N-dealkylation sites (tertiary alicyclic amines) is 1. The summed E-state index contributed by atoms with van der Waals surface area (Å²) in [6, 6.07) is 0.621. The first-order chi connectivity index (χ1) is 5.77. The Balaban J connectivity index is 1.84. The van der Waals surface area contributed by atoms with Crippen molar-refractivity contribution >= 4 is 0 Å². The number of hydrogen-bond donors (Lipinski definition) is 1. The molecule has 1 N–H and O–H groups in total. The summed E-state index contributed by atoms with van der Waals surface area (Å²) < 4.78 is 13.3. The SMILES string of the molecule is CC1CCN(C2CNC2)CC1F. The lowest BCUT2D eigenvalue weighted by Gasteiger charge is -2.42. The predicted octanol–water partition coefficient (Wildman–Crippen LogP) is 0.638. The smallest absolute Gasteiger partial charge is 0.115 e. The lowest BCUT2D eigenvalue weighted by atomic mass is 9.95. The van der Waals surface area contributed by atoms with Gasteiger partial charge in [-0.1, -0.05) is 6.92 Å². The van der Waals surface area contributed by atoms with Gasteiger partial charge in [0.15, 0.2) is 0 Å². The molecule has 2 nitrogen and oxygen atoms in total. The van der Waals surface area contributed by atoms with E-state index < -0.39 is 6.17 Å². The van der Waals surface area contributed by atoms with Crippen LogP contribution in [0.25, 0.3) is 0 Å². The molecule has 0 aliphatic carbocycles. The quantitative estimate of drug-likeness (QED) is 0.624. The topological polar surface area (TPSA) is 15.3 Å². The van der Waals surface area contributed by atoms with E-state index in [1.54, 1.807) is 0 Å². The third-order valence-corrected chi connectivity index (χ3v) is 3.17. The van der Waals surface area contributed by atoms with Crippen molar-refractivity contribution in [3.8, 4) is 0 Å². The Kier molecular flexibility index (Phi) is 2.33. The monoisotopic (exact) mass is 172 g/mol. The van der Waals surface area contributed by atoms with Gasteiger partial charge >= 0.3 is 0 Å². The number of nitrogens with one attached hydrogen (secondary N) is 1. The van der Waals surface area contributed by atoms with E-state index in [1.165, 1.54) is 0 Å². The lowest BCUT2D eigenvalue weighted by Crippen LogP contribution is -2.60. The molecule has 2 heterocycles. The van der Waals surface area contributed by atoms with Gasteiger partial charge in [-0.3, -0.25) is 4.90 Å². The molecule has 3 heteroatoms. The van der Waals surface area contributed by atoms with Gasteiger partial charge in [-0.15, -0.1) is 0 Å². The normalized spacial score (nSPS) is 39.5. The van der Waals surface area contributed by atoms with E-state index in [0.717, 1.165) is 26.1 Å². The minimum Gasteiger partial charge on any atom is -0.314 e. The van der Waals surface area contributed by atoms with Crippen LogP contribution in [-0.4, -0.2) is 43.3 Å². The second kappa shape index (κ2) is 3.30. The summed E-state index contributed by atoms with van der Waals surface area (Å²) in [4.78, 5) is 2.29. The summed E-state index contributed by atoms with van der Waals surface area (Å²) in [6.07, 6.45) is 0.428. The molecule has 2 aliphatic rings. The van der Waals surface area contributed by atoms with Crippen molar-refractivity contribution in [1.29, 1.82) is 0 Å². The molecule has 2 atom stereocenters. The molecule has 0 aromatic carbocycles. The van der Waals surface area contributed by atoms with Crippen molar-refractivity contribution in [3.05, 3.63) is 0 Å². The van der Waals surface area contributed by atoms with Gasteiger partial charge in [0.2, 0.25) is 0 Å². The van der Waals surface area contributed by atoms with Crippen LogP contribution in [0.1, 0.15) is 13.3 Å². The highest BCUT2D eigenvalue weighted by Crippen LogP contribution is 2.22. The van der Waals surface area contributed by atoms with Gasteiger partial charge < -0.3 is 5.32 Å². The van der Waals surface area contributed by atoms with Crippen LogP contribution >= 0.6 is 0 Å². The molecule has 0 amide bonds. The number of hydrogen-bond acceptors (Lipinski definition) is 2. The summed E-state index contributed by atoms with van der Waals surface area (Å²) in [7, 11) is 0. The minimum absolute atomic E-state index is 0.272. The highest BCUT2D eigenvalue weighted by Gasteiger charge is 2.32. The van der Waals surface area contributed by atoms with Gasteiger partial charge in [0.05, 0.1) is 0 Å². The zero-order chi connectivity index (χ0) is 8.55. The van der Waals surface area contributed by atoms with Crippen molar-refractivity contribution in [2.24, 2.45) is 5.92 Å². The van der Waals surface area contributed by atoms with Gasteiger partial charge in [-0.2, -0.15) is 0 Å². The molecule has 0 radical (unpaired) electrons. The average molecular weight is 172 g/mol. The largest absolute Gasteiger partial charge is 0.314 e. The molecule has 0 spiro atoms. The van der Waals surface area contributed by atoms with Gasteiger partial charge in [0.25, 0.3) is 0 Å². The van der Waals surface area contributed by atoms with Crippen molar-refractivity contribution in [2.45, 2.75) is 25.6 Å². The maximum absolute atomic E-state index is 13.3. The number of alkyl halides is 1. The van der Waals surface area contributed by atoms with Crippen molar-refractivity contribution in [2.75, 3.05) is 26.2 Å². The number of rotatable bonds is 1. The van der Waals surface area contributed by atoms with E-state index >= 15 is 0 Å². The van der Waals surface area contributed by atoms with Crippen LogP contribution in [0.3, 0.4) is 0 Å². The van der Waals surface area contributed by atoms with Crippen LogP contribution < -0.4 is 5.32 Å². The van der Waals surface area contributed by atoms with Crippen LogP contribution in [0.15, 0.2) is 0 Å². The number of piperidine rings is 1. The van der Waals surface area contributed by atoms with E-state index in [9.17, 15) is 4.39 Å². The van der Waals surface area contributed by atoms with E-state index in [0.29, 0.717) is 12.6 Å². The molecule has 0 saturated carbocycles. The van der Waals surface area contributed by atoms with E-state index in [2.05, 4.69) is 10.2 Å². The first-order valence-electron chi connectivity index (χ1n) is 4.86. The maximum Gasteiger partial charge on any atom is 0.115 e. The van der Waals surface area contributed by atoms with Gasteiger partial charge in [0, 0.05) is 25.7 Å². The molecule has 2 saturated heterocycles. The molecule has 2 unspecified atom stereocenters. The predicted molar refractivity (Wildman–Crippen MR) is 46.9 cm³/mol. The molecule has 12 heavy (non-hydrogen) atoms. The fraction of sp³-hybridized carbons (Fsp3) is 1.00. The molecule has 0 aromatic heterocycles. The first-order valence-corrected chi connectivity index (χ1v) is 4.86. The third-order valence-electron chi connectivity index (χ3n) is 3.17. The number of halogens is 1. The van der Waals surface area contributed by atoms with Crippen LogP contribution in [-0.2, 0) is 0 Å². The Morgan fingerprint density at radius 1 is 1.42 bits per heavy atom. The minimum atomic E-state index is -0.598. The number of nitrogens with zero attached hydrogens (tertiary/aromatic N) is 1. The molecule has 0 bridgehead atoms. The maximum atomic E-state index is 13.3. The van der Waals surface area contributed by atoms with Gasteiger partial charge in [-0.05, 0) is 18.9 Å². The first kappa shape index (κ1) is 8.45. The zero-order valence-corrected chi connectivity index (χ0v) is 7.59. The highest BCUT2D eigenvalue weighted by molar-refractivity contribution is 4.89.